The molecule has 0 aromatic carbocycles. The van der Waals surface area contributed by atoms with Crippen molar-refractivity contribution in [1.29, 1.82) is 0 Å². The smallest absolute Gasteiger partial charge is 0.267 e. The Morgan fingerprint density at radius 2 is 2.00 bits per heavy atom. The normalized spacial score (nSPS) is 15.6. The Morgan fingerprint density at radius 3 is 2.73 bits per heavy atom. The van der Waals surface area contributed by atoms with Gasteiger partial charge in [-0.3, -0.25) is 18.9 Å². The summed E-state index contributed by atoms with van der Waals surface area (Å²) in [5, 5.41) is 3.14. The minimum Gasteiger partial charge on any atom is -0.385 e. The van der Waals surface area contributed by atoms with Gasteiger partial charge in [0.1, 0.15) is 15.8 Å². The summed E-state index contributed by atoms with van der Waals surface area (Å²) in [4.78, 5) is 32.6. The van der Waals surface area contributed by atoms with Gasteiger partial charge in [0, 0.05) is 40.1 Å². The highest BCUT2D eigenvalue weighted by Crippen LogP contribution is 2.33. The molecule has 2 aromatic rings. The second-order valence-electron chi connectivity index (χ2n) is 6.71. The first-order valence-corrected chi connectivity index (χ1v) is 10.7. The standard InChI is InChI=1S/C20H24N4O4S2/c1-13-5-6-16-22-17(21-7-10-28-3)14(18(25)24(16)12-13)11-15-19(26)23(20(29)30-15)8-4-9-27-2/h5-6,11-12,21H,4,7-10H2,1-3H3. The average Bonchev–Trinajstić information content (AvgIpc) is 2.99. The first kappa shape index (κ1) is 22.4. The third kappa shape index (κ3) is 4.89. The molecule has 3 rings (SSSR count). The monoisotopic (exact) mass is 448 g/mol. The molecule has 0 aliphatic carbocycles. The molecule has 8 nitrogen and oxygen atoms in total. The number of methoxy groups -OCH3 is 2. The van der Waals surface area contributed by atoms with Gasteiger partial charge < -0.3 is 14.8 Å². The van der Waals surface area contributed by atoms with Crippen molar-refractivity contribution in [2.45, 2.75) is 13.3 Å². The van der Waals surface area contributed by atoms with Gasteiger partial charge in [-0.25, -0.2) is 4.98 Å². The van der Waals surface area contributed by atoms with Crippen LogP contribution in [0, 0.1) is 6.92 Å². The second kappa shape index (κ2) is 10.2. The van der Waals surface area contributed by atoms with Crippen LogP contribution < -0.4 is 10.9 Å². The predicted molar refractivity (Wildman–Crippen MR) is 123 cm³/mol. The lowest BCUT2D eigenvalue weighted by molar-refractivity contribution is -0.122. The van der Waals surface area contributed by atoms with Gasteiger partial charge >= 0.3 is 0 Å². The summed E-state index contributed by atoms with van der Waals surface area (Å²) >= 11 is 6.55. The number of thiocarbonyl (C=S) groups is 1. The predicted octanol–water partition coefficient (Wildman–Crippen LogP) is 2.30. The van der Waals surface area contributed by atoms with Crippen LogP contribution >= 0.6 is 24.0 Å². The Balaban J connectivity index is 2.01. The summed E-state index contributed by atoms with van der Waals surface area (Å²) in [5.74, 6) is 0.197. The Hall–Kier alpha value is -2.27. The van der Waals surface area contributed by atoms with E-state index in [1.807, 2.05) is 13.0 Å². The molecule has 1 amide bonds. The van der Waals surface area contributed by atoms with E-state index in [1.165, 1.54) is 16.2 Å². The van der Waals surface area contributed by atoms with E-state index in [4.69, 9.17) is 21.7 Å². The number of amides is 1. The van der Waals surface area contributed by atoms with E-state index in [1.54, 1.807) is 37.5 Å². The maximum absolute atomic E-state index is 13.2. The summed E-state index contributed by atoms with van der Waals surface area (Å²) in [6.07, 6.45) is 3.99. The number of ether oxygens (including phenoxy) is 2. The molecule has 10 heteroatoms. The number of fused-ring (bicyclic) bond motifs is 1. The molecule has 0 unspecified atom stereocenters. The molecule has 1 saturated heterocycles. The van der Waals surface area contributed by atoms with Gasteiger partial charge in [0.15, 0.2) is 0 Å². The number of hydrogen-bond donors (Lipinski definition) is 1. The molecule has 0 spiro atoms. The van der Waals surface area contributed by atoms with E-state index in [2.05, 4.69) is 10.3 Å². The van der Waals surface area contributed by atoms with Crippen LogP contribution in [0.2, 0.25) is 0 Å². The Kier molecular flexibility index (Phi) is 7.59. The number of nitrogens with one attached hydrogen (secondary N) is 1. The summed E-state index contributed by atoms with van der Waals surface area (Å²) < 4.78 is 12.1. The molecular formula is C20H24N4O4S2. The fourth-order valence-corrected chi connectivity index (χ4v) is 4.28. The van der Waals surface area contributed by atoms with Gasteiger partial charge in [0.2, 0.25) is 0 Å². The molecule has 1 N–H and O–H groups in total. The highest BCUT2D eigenvalue weighted by molar-refractivity contribution is 8.26. The maximum atomic E-state index is 13.2. The lowest BCUT2D eigenvalue weighted by Crippen LogP contribution is -2.29. The van der Waals surface area contributed by atoms with Gasteiger partial charge in [-0.05, 0) is 31.1 Å². The Labute approximate surface area is 184 Å². The van der Waals surface area contributed by atoms with E-state index in [0.717, 1.165) is 5.56 Å². The SMILES string of the molecule is COCCCN1C(=O)C(=Cc2c(NCCOC)nc3ccc(C)cn3c2=O)SC1=S. The first-order chi connectivity index (χ1) is 14.5. The fraction of sp³-hybridized carbons (Fsp3) is 0.400. The maximum Gasteiger partial charge on any atom is 0.267 e. The minimum atomic E-state index is -0.256. The molecule has 1 aliphatic rings. The van der Waals surface area contributed by atoms with Gasteiger partial charge in [-0.2, -0.15) is 0 Å². The van der Waals surface area contributed by atoms with Crippen molar-refractivity contribution in [2.75, 3.05) is 45.8 Å². The number of rotatable bonds is 9. The molecule has 0 radical (unpaired) electrons. The van der Waals surface area contributed by atoms with Gasteiger partial charge in [-0.1, -0.05) is 30.0 Å². The van der Waals surface area contributed by atoms with Crippen LogP contribution in [0.3, 0.4) is 0 Å². The van der Waals surface area contributed by atoms with Crippen LogP contribution in [0.15, 0.2) is 28.0 Å². The molecule has 160 valence electrons. The topological polar surface area (TPSA) is 85.2 Å². The molecule has 30 heavy (non-hydrogen) atoms. The zero-order valence-corrected chi connectivity index (χ0v) is 18.8. The van der Waals surface area contributed by atoms with Gasteiger partial charge in [-0.15, -0.1) is 0 Å². The molecule has 1 fully saturated rings. The highest BCUT2D eigenvalue weighted by atomic mass is 32.2. The van der Waals surface area contributed by atoms with Crippen molar-refractivity contribution < 1.29 is 14.3 Å². The van der Waals surface area contributed by atoms with E-state index in [9.17, 15) is 9.59 Å². The number of thioether (sulfide) groups is 1. The number of aromatic nitrogens is 2. The summed E-state index contributed by atoms with van der Waals surface area (Å²) in [7, 11) is 3.22. The molecule has 2 aromatic heterocycles. The van der Waals surface area contributed by atoms with E-state index < -0.39 is 0 Å². The van der Waals surface area contributed by atoms with Crippen LogP contribution in [0.5, 0.6) is 0 Å². The van der Waals surface area contributed by atoms with E-state index >= 15 is 0 Å². The number of hydrogen-bond acceptors (Lipinski definition) is 8. The fourth-order valence-electron chi connectivity index (χ4n) is 2.99. The number of nitrogens with zero attached hydrogens (tertiary/aromatic N) is 3. The van der Waals surface area contributed by atoms with Crippen molar-refractivity contribution in [2.24, 2.45) is 0 Å². The summed E-state index contributed by atoms with van der Waals surface area (Å²) in [5.41, 5.74) is 1.51. The van der Waals surface area contributed by atoms with Crippen molar-refractivity contribution in [1.82, 2.24) is 14.3 Å². The number of anilines is 1. The number of pyridine rings is 1. The second-order valence-corrected chi connectivity index (χ2v) is 8.39. The average molecular weight is 449 g/mol. The van der Waals surface area contributed by atoms with Crippen LogP contribution in [0.1, 0.15) is 17.5 Å². The van der Waals surface area contributed by atoms with Crippen LogP contribution in [0.4, 0.5) is 5.82 Å². The lowest BCUT2D eigenvalue weighted by atomic mass is 10.2. The molecule has 3 heterocycles. The quantitative estimate of drug-likeness (QED) is 0.355. The number of carbonyl (C=O) groups is 1. The van der Waals surface area contributed by atoms with Crippen LogP contribution in [0.25, 0.3) is 11.7 Å². The van der Waals surface area contributed by atoms with Crippen molar-refractivity contribution in [3.8, 4) is 0 Å². The van der Waals surface area contributed by atoms with Gasteiger partial charge in [0.25, 0.3) is 11.5 Å². The highest BCUT2D eigenvalue weighted by Gasteiger charge is 2.32. The molecule has 0 bridgehead atoms. The zero-order chi connectivity index (χ0) is 21.7. The summed E-state index contributed by atoms with van der Waals surface area (Å²) in [6.45, 7) is 3.85. The number of aryl methyl sites for hydroxylation is 1. The molecule has 0 atom stereocenters. The van der Waals surface area contributed by atoms with Gasteiger partial charge in [0.05, 0.1) is 17.1 Å². The Bertz CT molecular complexity index is 1050. The lowest BCUT2D eigenvalue weighted by Gasteiger charge is -2.13. The zero-order valence-electron chi connectivity index (χ0n) is 17.1. The minimum absolute atomic E-state index is 0.210. The molecule has 1 aliphatic heterocycles. The third-order valence-electron chi connectivity index (χ3n) is 4.48. The largest absolute Gasteiger partial charge is 0.385 e. The van der Waals surface area contributed by atoms with Crippen molar-refractivity contribution >= 4 is 51.7 Å². The van der Waals surface area contributed by atoms with E-state index in [0.29, 0.717) is 59.0 Å². The van der Waals surface area contributed by atoms with Crippen molar-refractivity contribution in [3.63, 3.8) is 0 Å². The van der Waals surface area contributed by atoms with Crippen molar-refractivity contribution in [3.05, 3.63) is 44.7 Å². The molecule has 0 saturated carbocycles. The number of carbonyl (C=O) groups excluding carboxylic acids is 1. The van der Waals surface area contributed by atoms with Crippen LogP contribution in [-0.4, -0.2) is 65.0 Å². The van der Waals surface area contributed by atoms with Crippen LogP contribution in [-0.2, 0) is 14.3 Å². The molecular weight excluding hydrogens is 424 g/mol. The first-order valence-electron chi connectivity index (χ1n) is 9.46. The summed E-state index contributed by atoms with van der Waals surface area (Å²) in [6, 6.07) is 3.68. The van der Waals surface area contributed by atoms with E-state index in [-0.39, 0.29) is 11.5 Å². The Morgan fingerprint density at radius 1 is 1.23 bits per heavy atom. The third-order valence-corrected chi connectivity index (χ3v) is 5.86.